The van der Waals surface area contributed by atoms with Crippen molar-refractivity contribution in [1.29, 1.82) is 0 Å². The summed E-state index contributed by atoms with van der Waals surface area (Å²) in [5.74, 6) is -0.353. The lowest BCUT2D eigenvalue weighted by molar-refractivity contribution is -0.870. The Morgan fingerprint density at radius 2 is 1.00 bits per heavy atom. The number of hydrogen-bond donors (Lipinski definition) is 0. The highest BCUT2D eigenvalue weighted by molar-refractivity contribution is 7.45. The number of quaternary nitrogens is 1. The Hall–Kier alpha value is -0.920. The van der Waals surface area contributed by atoms with Gasteiger partial charge in [-0.1, -0.05) is 181 Å². The number of carbonyl (C=O) groups excluding carboxylic acids is 1. The molecule has 0 bridgehead atoms. The largest absolute Gasteiger partial charge is 0.756 e. The molecule has 0 aliphatic carbocycles. The number of nitrogens with zero attached hydrogens (tertiary/aromatic N) is 1. The van der Waals surface area contributed by atoms with Gasteiger partial charge in [-0.3, -0.25) is 9.36 Å². The molecule has 0 amide bonds. The summed E-state index contributed by atoms with van der Waals surface area (Å²) in [6, 6.07) is 0. The van der Waals surface area contributed by atoms with E-state index in [2.05, 4.69) is 13.8 Å². The van der Waals surface area contributed by atoms with E-state index >= 15 is 0 Å². The molecule has 8 nitrogen and oxygen atoms in total. The SMILES string of the molecule is CCCCCCCCCCCCCCCC/C=C\OC[C@H](COP(=O)([O-])OCC[N+](C)(C)C)OC(=O)CCCCCCCCCCCCCCCC. The second-order valence-electron chi connectivity index (χ2n) is 16.1. The molecule has 0 spiro atoms. The fourth-order valence-corrected chi connectivity index (χ4v) is 6.95. The minimum Gasteiger partial charge on any atom is -0.756 e. The van der Waals surface area contributed by atoms with Gasteiger partial charge in [-0.05, 0) is 25.3 Å². The highest BCUT2D eigenvalue weighted by atomic mass is 31.2. The first-order chi connectivity index (χ1) is 25.1. The zero-order chi connectivity index (χ0) is 38.4. The molecule has 310 valence electrons. The summed E-state index contributed by atoms with van der Waals surface area (Å²) in [5, 5.41) is 0. The highest BCUT2D eigenvalue weighted by Gasteiger charge is 2.20. The summed E-state index contributed by atoms with van der Waals surface area (Å²) in [5.41, 5.74) is 0. The summed E-state index contributed by atoms with van der Waals surface area (Å²) in [4.78, 5) is 25.0. The number of phosphoric ester groups is 1. The first-order valence-electron chi connectivity index (χ1n) is 22.0. The van der Waals surface area contributed by atoms with Crippen molar-refractivity contribution >= 4 is 13.8 Å². The number of unbranched alkanes of at least 4 members (excludes halogenated alkanes) is 27. The molecule has 0 aromatic carbocycles. The zero-order valence-electron chi connectivity index (χ0n) is 35.0. The summed E-state index contributed by atoms with van der Waals surface area (Å²) in [6.45, 7) is 4.76. The second-order valence-corrected chi connectivity index (χ2v) is 17.5. The van der Waals surface area contributed by atoms with E-state index in [4.69, 9.17) is 18.5 Å². The van der Waals surface area contributed by atoms with Crippen molar-refractivity contribution in [1.82, 2.24) is 0 Å². The van der Waals surface area contributed by atoms with Crippen LogP contribution in [0, 0.1) is 0 Å². The maximum absolute atomic E-state index is 12.6. The molecule has 0 aromatic rings. The summed E-state index contributed by atoms with van der Waals surface area (Å²) in [6.07, 6.45) is 40.2. The van der Waals surface area contributed by atoms with Crippen LogP contribution >= 0.6 is 7.82 Å². The number of likely N-dealkylation sites (N-methyl/N-ethyl adjacent to an activating group) is 1. The minimum absolute atomic E-state index is 0.0202. The van der Waals surface area contributed by atoms with Crippen molar-refractivity contribution in [2.24, 2.45) is 0 Å². The smallest absolute Gasteiger partial charge is 0.306 e. The standard InChI is InChI=1S/C43H86NO7P/c1-6-8-10-12-14-16-18-20-22-23-25-27-29-31-33-35-38-48-40-42(41-50-52(46,47)49-39-37-44(3,4)5)51-43(45)36-34-32-30-28-26-24-21-19-17-15-13-11-9-7-2/h35,38,42H,6-34,36-37,39-41H2,1-5H3/b38-35-/t42-/m1/s1. The first-order valence-corrected chi connectivity index (χ1v) is 23.4. The molecule has 9 heteroatoms. The van der Waals surface area contributed by atoms with Crippen molar-refractivity contribution in [3.8, 4) is 0 Å². The molecule has 2 atom stereocenters. The lowest BCUT2D eigenvalue weighted by Gasteiger charge is -2.28. The molecule has 0 saturated carbocycles. The van der Waals surface area contributed by atoms with Crippen LogP contribution in [0.1, 0.15) is 206 Å². The summed E-state index contributed by atoms with van der Waals surface area (Å²) in [7, 11) is 1.34. The number of carbonyl (C=O) groups is 1. The van der Waals surface area contributed by atoms with Gasteiger partial charge in [0.05, 0.1) is 34.0 Å². The van der Waals surface area contributed by atoms with Crippen LogP contribution in [0.3, 0.4) is 0 Å². The van der Waals surface area contributed by atoms with Gasteiger partial charge in [0.1, 0.15) is 19.8 Å². The Kier molecular flexibility index (Phi) is 36.4. The van der Waals surface area contributed by atoms with Gasteiger partial charge >= 0.3 is 5.97 Å². The van der Waals surface area contributed by atoms with Crippen LogP contribution in [0.25, 0.3) is 0 Å². The van der Waals surface area contributed by atoms with Crippen LogP contribution in [0.15, 0.2) is 12.3 Å². The molecule has 0 saturated heterocycles. The van der Waals surface area contributed by atoms with Crippen LogP contribution in [0.4, 0.5) is 0 Å². The van der Waals surface area contributed by atoms with Gasteiger partial charge in [0.25, 0.3) is 7.82 Å². The third-order valence-electron chi connectivity index (χ3n) is 9.66. The minimum atomic E-state index is -4.53. The predicted molar refractivity (Wildman–Crippen MR) is 217 cm³/mol. The van der Waals surface area contributed by atoms with Gasteiger partial charge < -0.3 is 27.9 Å². The quantitative estimate of drug-likeness (QED) is 0.0201. The van der Waals surface area contributed by atoms with Crippen molar-refractivity contribution in [2.45, 2.75) is 213 Å². The fourth-order valence-electron chi connectivity index (χ4n) is 6.22. The molecule has 0 N–H and O–H groups in total. The Labute approximate surface area is 322 Å². The van der Waals surface area contributed by atoms with Crippen molar-refractivity contribution in [3.63, 3.8) is 0 Å². The number of hydrogen-bond acceptors (Lipinski definition) is 7. The van der Waals surface area contributed by atoms with Crippen molar-refractivity contribution in [2.75, 3.05) is 47.5 Å². The number of allylic oxidation sites excluding steroid dienone is 1. The van der Waals surface area contributed by atoms with Crippen LogP contribution in [0.2, 0.25) is 0 Å². The molecule has 0 fully saturated rings. The van der Waals surface area contributed by atoms with E-state index in [-0.39, 0.29) is 25.8 Å². The molecule has 52 heavy (non-hydrogen) atoms. The van der Waals surface area contributed by atoms with Crippen molar-refractivity contribution in [3.05, 3.63) is 12.3 Å². The molecule has 0 aromatic heterocycles. The van der Waals surface area contributed by atoms with Crippen LogP contribution < -0.4 is 4.89 Å². The van der Waals surface area contributed by atoms with E-state index in [1.807, 2.05) is 27.2 Å². The summed E-state index contributed by atoms with van der Waals surface area (Å²) < 4.78 is 34.3. The van der Waals surface area contributed by atoms with Gasteiger partial charge in [-0.15, -0.1) is 0 Å². The average Bonchev–Trinajstić information content (AvgIpc) is 3.09. The van der Waals surface area contributed by atoms with Gasteiger partial charge in [0.15, 0.2) is 6.10 Å². The van der Waals surface area contributed by atoms with Crippen LogP contribution in [0.5, 0.6) is 0 Å². The number of esters is 1. The van der Waals surface area contributed by atoms with Gasteiger partial charge in [0, 0.05) is 6.42 Å². The number of phosphoric acid groups is 1. The molecule has 0 aliphatic rings. The normalized spacial score (nSPS) is 13.8. The first kappa shape index (κ1) is 51.1. The number of rotatable bonds is 41. The Balaban J connectivity index is 4.25. The van der Waals surface area contributed by atoms with Gasteiger partial charge in [-0.25, -0.2) is 0 Å². The summed E-state index contributed by atoms with van der Waals surface area (Å²) >= 11 is 0. The van der Waals surface area contributed by atoms with E-state index < -0.39 is 13.9 Å². The maximum Gasteiger partial charge on any atom is 0.306 e. The molecule has 0 heterocycles. The lowest BCUT2D eigenvalue weighted by Crippen LogP contribution is -2.37. The van der Waals surface area contributed by atoms with E-state index in [1.165, 1.54) is 154 Å². The van der Waals surface area contributed by atoms with E-state index in [0.29, 0.717) is 17.4 Å². The molecular formula is C43H86NO7P. The van der Waals surface area contributed by atoms with E-state index in [9.17, 15) is 14.3 Å². The molecular weight excluding hydrogens is 673 g/mol. The Morgan fingerprint density at radius 3 is 1.42 bits per heavy atom. The van der Waals surface area contributed by atoms with E-state index in [1.54, 1.807) is 6.26 Å². The third kappa shape index (κ3) is 40.3. The van der Waals surface area contributed by atoms with Gasteiger partial charge in [-0.2, -0.15) is 0 Å². The number of ether oxygens (including phenoxy) is 2. The molecule has 0 aliphatic heterocycles. The lowest BCUT2D eigenvalue weighted by atomic mass is 10.0. The third-order valence-corrected chi connectivity index (χ3v) is 10.6. The van der Waals surface area contributed by atoms with Crippen LogP contribution in [-0.2, 0) is 27.9 Å². The molecule has 0 rings (SSSR count). The highest BCUT2D eigenvalue weighted by Crippen LogP contribution is 2.38. The van der Waals surface area contributed by atoms with Gasteiger partial charge in [0.2, 0.25) is 0 Å². The Morgan fingerprint density at radius 1 is 0.596 bits per heavy atom. The van der Waals surface area contributed by atoms with E-state index in [0.717, 1.165) is 32.1 Å². The fraction of sp³-hybridized carbons (Fsp3) is 0.930. The Bertz CT molecular complexity index is 848. The monoisotopic (exact) mass is 760 g/mol. The zero-order valence-corrected chi connectivity index (χ0v) is 35.9. The van der Waals surface area contributed by atoms with Crippen molar-refractivity contribution < 1.29 is 37.3 Å². The van der Waals surface area contributed by atoms with Crippen LogP contribution in [-0.4, -0.2) is 64.1 Å². The predicted octanol–water partition coefficient (Wildman–Crippen LogP) is 12.4. The topological polar surface area (TPSA) is 94.1 Å². The maximum atomic E-state index is 12.6. The molecule has 0 radical (unpaired) electrons. The molecule has 1 unspecified atom stereocenters. The average molecular weight is 760 g/mol. The second kappa shape index (κ2) is 37.0.